The van der Waals surface area contributed by atoms with Gasteiger partial charge in [0.05, 0.1) is 13.1 Å². The van der Waals surface area contributed by atoms with Crippen molar-refractivity contribution in [2.45, 2.75) is 39.4 Å². The first-order chi connectivity index (χ1) is 11.2. The first-order valence-corrected chi connectivity index (χ1v) is 8.19. The Hall–Kier alpha value is -1.64. The molecule has 1 heterocycles. The lowest BCUT2D eigenvalue weighted by Gasteiger charge is -2.11. The van der Waals surface area contributed by atoms with Crippen LogP contribution in [0.5, 0.6) is 0 Å². The maximum atomic E-state index is 4.70. The molecule has 1 aromatic heterocycles. The van der Waals surface area contributed by atoms with Crippen LogP contribution in [0.1, 0.15) is 31.4 Å². The number of aromatic nitrogens is 3. The van der Waals surface area contributed by atoms with Crippen LogP contribution in [0, 0.1) is 5.92 Å². The van der Waals surface area contributed by atoms with Gasteiger partial charge >= 0.3 is 0 Å². The topological polar surface area (TPSA) is 67.1 Å². The van der Waals surface area contributed by atoms with Crippen molar-refractivity contribution in [2.24, 2.45) is 10.9 Å². The second kappa shape index (κ2) is 9.00. The van der Waals surface area contributed by atoms with Crippen LogP contribution in [0.15, 0.2) is 41.9 Å². The maximum absolute atomic E-state index is 4.70. The minimum atomic E-state index is 0. The third-order valence-corrected chi connectivity index (χ3v) is 4.00. The SMILES string of the molecule is CCNC(=NCc1cccc(Cn2cncn2)c1)NC1CC1C.I. The molecule has 0 aliphatic heterocycles. The monoisotopic (exact) mass is 440 g/mol. The molecule has 6 nitrogen and oxygen atoms in total. The van der Waals surface area contributed by atoms with Crippen molar-refractivity contribution in [3.63, 3.8) is 0 Å². The molecule has 2 atom stereocenters. The summed E-state index contributed by atoms with van der Waals surface area (Å²) in [5.74, 6) is 1.66. The highest BCUT2D eigenvalue weighted by molar-refractivity contribution is 14.0. The van der Waals surface area contributed by atoms with Gasteiger partial charge in [0.1, 0.15) is 12.7 Å². The molecular formula is C17H25IN6. The van der Waals surface area contributed by atoms with Crippen molar-refractivity contribution < 1.29 is 0 Å². The number of hydrogen-bond donors (Lipinski definition) is 2. The van der Waals surface area contributed by atoms with Crippen molar-refractivity contribution in [3.8, 4) is 0 Å². The number of hydrogen-bond acceptors (Lipinski definition) is 3. The van der Waals surface area contributed by atoms with Crippen molar-refractivity contribution in [3.05, 3.63) is 48.0 Å². The quantitative estimate of drug-likeness (QED) is 0.412. The van der Waals surface area contributed by atoms with Crippen LogP contribution in [0.4, 0.5) is 0 Å². The summed E-state index contributed by atoms with van der Waals surface area (Å²) in [6.07, 6.45) is 4.52. The highest BCUT2D eigenvalue weighted by Crippen LogP contribution is 2.28. The van der Waals surface area contributed by atoms with E-state index >= 15 is 0 Å². The first kappa shape index (κ1) is 18.7. The molecule has 1 aliphatic carbocycles. The molecule has 1 saturated carbocycles. The Kier molecular flexibility index (Phi) is 7.01. The second-order valence-electron chi connectivity index (χ2n) is 6.07. The van der Waals surface area contributed by atoms with Crippen LogP contribution in [0.25, 0.3) is 0 Å². The zero-order chi connectivity index (χ0) is 16.1. The Balaban J connectivity index is 0.00000208. The number of rotatable bonds is 6. The molecule has 130 valence electrons. The lowest BCUT2D eigenvalue weighted by molar-refractivity contribution is 0.684. The Morgan fingerprint density at radius 2 is 2.17 bits per heavy atom. The Bertz CT molecular complexity index is 655. The molecule has 2 N–H and O–H groups in total. The summed E-state index contributed by atoms with van der Waals surface area (Å²) in [5, 5.41) is 10.9. The summed E-state index contributed by atoms with van der Waals surface area (Å²) in [4.78, 5) is 8.67. The molecule has 0 radical (unpaired) electrons. The van der Waals surface area contributed by atoms with Crippen LogP contribution in [-0.4, -0.2) is 33.3 Å². The average Bonchev–Trinajstić information content (AvgIpc) is 3.00. The van der Waals surface area contributed by atoms with Gasteiger partial charge in [0.15, 0.2) is 5.96 Å². The van der Waals surface area contributed by atoms with Crippen molar-refractivity contribution in [1.29, 1.82) is 0 Å². The molecule has 0 saturated heterocycles. The summed E-state index contributed by atoms with van der Waals surface area (Å²) in [6.45, 7) is 6.62. The third kappa shape index (κ3) is 5.47. The second-order valence-corrected chi connectivity index (χ2v) is 6.07. The van der Waals surface area contributed by atoms with Crippen LogP contribution >= 0.6 is 24.0 Å². The molecule has 24 heavy (non-hydrogen) atoms. The van der Waals surface area contributed by atoms with E-state index < -0.39 is 0 Å². The normalized spacial score (nSPS) is 19.5. The zero-order valence-corrected chi connectivity index (χ0v) is 16.5. The number of aliphatic imine (C=N–C) groups is 1. The molecule has 0 spiro atoms. The van der Waals surface area contributed by atoms with Gasteiger partial charge in [0, 0.05) is 12.6 Å². The smallest absolute Gasteiger partial charge is 0.191 e. The molecule has 0 amide bonds. The van der Waals surface area contributed by atoms with Crippen molar-refractivity contribution in [1.82, 2.24) is 25.4 Å². The highest BCUT2D eigenvalue weighted by atomic mass is 127. The fourth-order valence-corrected chi connectivity index (χ4v) is 2.52. The molecule has 2 unspecified atom stereocenters. The highest BCUT2D eigenvalue weighted by Gasteiger charge is 2.33. The van der Waals surface area contributed by atoms with Crippen LogP contribution in [-0.2, 0) is 13.1 Å². The Labute approximate surface area is 160 Å². The number of halogens is 1. The Morgan fingerprint density at radius 3 is 2.83 bits per heavy atom. The van der Waals surface area contributed by atoms with Gasteiger partial charge in [0.25, 0.3) is 0 Å². The summed E-state index contributed by atoms with van der Waals surface area (Å²) < 4.78 is 1.82. The van der Waals surface area contributed by atoms with Gasteiger partial charge in [-0.2, -0.15) is 5.10 Å². The molecule has 3 rings (SSSR count). The minimum absolute atomic E-state index is 0. The van der Waals surface area contributed by atoms with Gasteiger partial charge in [-0.05, 0) is 30.4 Å². The summed E-state index contributed by atoms with van der Waals surface area (Å²) in [5.41, 5.74) is 2.40. The first-order valence-electron chi connectivity index (χ1n) is 8.19. The van der Waals surface area contributed by atoms with Gasteiger partial charge < -0.3 is 10.6 Å². The predicted molar refractivity (Wildman–Crippen MR) is 107 cm³/mol. The zero-order valence-electron chi connectivity index (χ0n) is 14.1. The van der Waals surface area contributed by atoms with E-state index in [4.69, 9.17) is 4.99 Å². The average molecular weight is 440 g/mol. The molecule has 7 heteroatoms. The third-order valence-electron chi connectivity index (χ3n) is 4.00. The lowest BCUT2D eigenvalue weighted by atomic mass is 10.1. The summed E-state index contributed by atoms with van der Waals surface area (Å²) >= 11 is 0. The Morgan fingerprint density at radius 1 is 1.38 bits per heavy atom. The minimum Gasteiger partial charge on any atom is -0.357 e. The van der Waals surface area contributed by atoms with Crippen LogP contribution < -0.4 is 10.6 Å². The molecule has 1 fully saturated rings. The van der Waals surface area contributed by atoms with E-state index in [1.54, 1.807) is 12.7 Å². The number of nitrogens with zero attached hydrogens (tertiary/aromatic N) is 4. The van der Waals surface area contributed by atoms with E-state index in [0.717, 1.165) is 25.0 Å². The van der Waals surface area contributed by atoms with Crippen LogP contribution in [0.3, 0.4) is 0 Å². The largest absolute Gasteiger partial charge is 0.357 e. The van der Waals surface area contributed by atoms with Gasteiger partial charge in [-0.1, -0.05) is 31.2 Å². The van der Waals surface area contributed by atoms with E-state index in [2.05, 4.69) is 58.8 Å². The van der Waals surface area contributed by atoms with Gasteiger partial charge in [-0.15, -0.1) is 24.0 Å². The van der Waals surface area contributed by atoms with E-state index in [9.17, 15) is 0 Å². The summed E-state index contributed by atoms with van der Waals surface area (Å²) in [7, 11) is 0. The molecule has 1 aliphatic rings. The van der Waals surface area contributed by atoms with E-state index in [1.807, 2.05) is 4.68 Å². The molecular weight excluding hydrogens is 415 g/mol. The number of benzene rings is 1. The number of guanidine groups is 1. The van der Waals surface area contributed by atoms with Crippen LogP contribution in [0.2, 0.25) is 0 Å². The van der Waals surface area contributed by atoms with E-state index in [1.165, 1.54) is 17.5 Å². The van der Waals surface area contributed by atoms with E-state index in [-0.39, 0.29) is 24.0 Å². The van der Waals surface area contributed by atoms with Crippen molar-refractivity contribution in [2.75, 3.05) is 6.54 Å². The molecule has 2 aromatic rings. The van der Waals surface area contributed by atoms with Gasteiger partial charge in [0.2, 0.25) is 0 Å². The van der Waals surface area contributed by atoms with Crippen molar-refractivity contribution >= 4 is 29.9 Å². The van der Waals surface area contributed by atoms with E-state index in [0.29, 0.717) is 12.6 Å². The van der Waals surface area contributed by atoms with Gasteiger partial charge in [-0.25, -0.2) is 14.7 Å². The molecule has 1 aromatic carbocycles. The molecule has 0 bridgehead atoms. The maximum Gasteiger partial charge on any atom is 0.191 e. The standard InChI is InChI=1S/C17H24N6.HI/c1-3-19-17(22-16-7-13(16)2)20-9-14-5-4-6-15(8-14)10-23-12-18-11-21-23;/h4-6,8,11-13,16H,3,7,9-10H2,1-2H3,(H2,19,20,22);1H. The number of nitrogens with one attached hydrogen (secondary N) is 2. The summed E-state index contributed by atoms with van der Waals surface area (Å²) in [6, 6.07) is 9.03. The predicted octanol–water partition coefficient (Wildman–Crippen LogP) is 2.41. The fourth-order valence-electron chi connectivity index (χ4n) is 2.52. The van der Waals surface area contributed by atoms with Gasteiger partial charge in [-0.3, -0.25) is 0 Å². The fraction of sp³-hybridized carbons (Fsp3) is 0.471. The lowest BCUT2D eigenvalue weighted by Crippen LogP contribution is -2.39.